The molecule has 0 saturated heterocycles. The predicted octanol–water partition coefficient (Wildman–Crippen LogP) is 3.52. The number of carbonyl (C=O) groups excluding carboxylic acids is 1. The van der Waals surface area contributed by atoms with Crippen LogP contribution in [-0.2, 0) is 30.7 Å². The van der Waals surface area contributed by atoms with Crippen molar-refractivity contribution in [1.82, 2.24) is 9.88 Å². The van der Waals surface area contributed by atoms with E-state index >= 15 is 0 Å². The van der Waals surface area contributed by atoms with Crippen LogP contribution in [0.4, 0.5) is 4.79 Å². The number of rotatable bonds is 0. The molecule has 0 atom stereocenters. The van der Waals surface area contributed by atoms with Crippen molar-refractivity contribution >= 4 is 6.09 Å². The molecule has 1 aromatic heterocycles. The van der Waals surface area contributed by atoms with E-state index in [1.54, 1.807) is 4.90 Å². The lowest BCUT2D eigenvalue weighted by Crippen LogP contribution is -2.33. The number of fused-ring (bicyclic) bond motifs is 2. The highest BCUT2D eigenvalue weighted by Crippen LogP contribution is 2.32. The summed E-state index contributed by atoms with van der Waals surface area (Å²) < 4.78 is 5.48. The predicted molar refractivity (Wildman–Crippen MR) is 81.1 cm³/mol. The highest BCUT2D eigenvalue weighted by Gasteiger charge is 2.31. The molecule has 4 nitrogen and oxygen atoms in total. The van der Waals surface area contributed by atoms with Crippen molar-refractivity contribution in [3.05, 3.63) is 28.1 Å². The van der Waals surface area contributed by atoms with Crippen LogP contribution in [-0.4, -0.2) is 21.6 Å². The first-order chi connectivity index (χ1) is 9.85. The summed E-state index contributed by atoms with van der Waals surface area (Å²) in [6.07, 6.45) is 4.46. The van der Waals surface area contributed by atoms with Gasteiger partial charge in [0.05, 0.1) is 18.8 Å². The number of hydrogen-bond donors (Lipinski definition) is 0. The Kier molecular flexibility index (Phi) is 3.42. The van der Waals surface area contributed by atoms with Gasteiger partial charge in [0.25, 0.3) is 0 Å². The first-order valence-electron chi connectivity index (χ1n) is 7.83. The van der Waals surface area contributed by atoms with Crippen LogP contribution in [0.15, 0.2) is 0 Å². The molecule has 1 aliphatic carbocycles. The van der Waals surface area contributed by atoms with E-state index in [9.17, 15) is 4.79 Å². The van der Waals surface area contributed by atoms with Crippen LogP contribution in [0.3, 0.4) is 0 Å². The van der Waals surface area contributed by atoms with Crippen LogP contribution in [0.5, 0.6) is 0 Å². The van der Waals surface area contributed by atoms with Gasteiger partial charge in [0.1, 0.15) is 5.60 Å². The van der Waals surface area contributed by atoms with E-state index in [0.29, 0.717) is 13.1 Å². The van der Waals surface area contributed by atoms with Crippen LogP contribution in [0.1, 0.15) is 61.7 Å². The van der Waals surface area contributed by atoms with Gasteiger partial charge in [-0.15, -0.1) is 0 Å². The number of aromatic nitrogens is 1. The van der Waals surface area contributed by atoms with Crippen LogP contribution >= 0.6 is 0 Å². The Hall–Kier alpha value is -1.58. The minimum atomic E-state index is -0.451. The molecular formula is C17H24N2O2. The summed E-state index contributed by atoms with van der Waals surface area (Å²) in [7, 11) is 0. The zero-order chi connectivity index (χ0) is 15.2. The molecule has 1 aliphatic heterocycles. The van der Waals surface area contributed by atoms with Gasteiger partial charge in [-0.1, -0.05) is 0 Å². The number of nitrogens with zero attached hydrogens (tertiary/aromatic N) is 2. The highest BCUT2D eigenvalue weighted by molar-refractivity contribution is 5.69. The summed E-state index contributed by atoms with van der Waals surface area (Å²) in [5, 5.41) is 0. The molecule has 0 bridgehead atoms. The van der Waals surface area contributed by atoms with Crippen molar-refractivity contribution in [3.8, 4) is 0 Å². The third-order valence-electron chi connectivity index (χ3n) is 4.30. The number of hydrogen-bond acceptors (Lipinski definition) is 3. The van der Waals surface area contributed by atoms with E-state index < -0.39 is 5.60 Å². The van der Waals surface area contributed by atoms with Gasteiger partial charge in [-0.2, -0.15) is 0 Å². The molecular weight excluding hydrogens is 264 g/mol. The van der Waals surface area contributed by atoms with Crippen LogP contribution in [0, 0.1) is 6.92 Å². The second-order valence-electron chi connectivity index (χ2n) is 7.13. The standard InChI is InChI=1S/C17H24N2O2/c1-11-12-7-5-6-8-14(12)18-15-10-19(9-13(11)15)16(20)21-17(2,3)4/h5-10H2,1-4H3. The van der Waals surface area contributed by atoms with Crippen molar-refractivity contribution in [2.45, 2.75) is 72.1 Å². The van der Waals surface area contributed by atoms with E-state index in [1.807, 2.05) is 20.8 Å². The van der Waals surface area contributed by atoms with Crippen molar-refractivity contribution in [3.63, 3.8) is 0 Å². The van der Waals surface area contributed by atoms with Crippen LogP contribution in [0.25, 0.3) is 0 Å². The molecule has 0 radical (unpaired) electrons. The molecule has 0 unspecified atom stereocenters. The topological polar surface area (TPSA) is 42.4 Å². The minimum Gasteiger partial charge on any atom is -0.444 e. The lowest BCUT2D eigenvalue weighted by atomic mass is 9.90. The summed E-state index contributed by atoms with van der Waals surface area (Å²) in [6, 6.07) is 0. The van der Waals surface area contributed by atoms with Gasteiger partial charge in [-0.3, -0.25) is 9.88 Å². The maximum absolute atomic E-state index is 12.2. The molecule has 0 N–H and O–H groups in total. The first kappa shape index (κ1) is 14.4. The monoisotopic (exact) mass is 288 g/mol. The van der Waals surface area contributed by atoms with Gasteiger partial charge < -0.3 is 4.74 Å². The zero-order valence-corrected chi connectivity index (χ0v) is 13.5. The Morgan fingerprint density at radius 1 is 1.10 bits per heavy atom. The number of aryl methyl sites for hydroxylation is 1. The SMILES string of the molecule is Cc1c2c(nc3c1CN(C(=O)OC(C)(C)C)C3)CCCC2. The van der Waals surface area contributed by atoms with Gasteiger partial charge in [0.15, 0.2) is 0 Å². The van der Waals surface area contributed by atoms with E-state index in [4.69, 9.17) is 9.72 Å². The summed E-state index contributed by atoms with van der Waals surface area (Å²) in [5.41, 5.74) is 5.88. The van der Waals surface area contributed by atoms with E-state index in [2.05, 4.69) is 6.92 Å². The Labute approximate surface area is 126 Å². The number of amides is 1. The second kappa shape index (κ2) is 5.00. The van der Waals surface area contributed by atoms with Crippen molar-refractivity contribution in [2.24, 2.45) is 0 Å². The summed E-state index contributed by atoms with van der Waals surface area (Å²) >= 11 is 0. The molecule has 0 spiro atoms. The summed E-state index contributed by atoms with van der Waals surface area (Å²) in [5.74, 6) is 0. The van der Waals surface area contributed by atoms with Gasteiger partial charge in [-0.25, -0.2) is 4.79 Å². The van der Waals surface area contributed by atoms with Crippen LogP contribution < -0.4 is 0 Å². The maximum atomic E-state index is 12.2. The third kappa shape index (κ3) is 2.76. The minimum absolute atomic E-state index is 0.238. The largest absolute Gasteiger partial charge is 0.444 e. The van der Waals surface area contributed by atoms with E-state index in [1.165, 1.54) is 35.2 Å². The maximum Gasteiger partial charge on any atom is 0.410 e. The molecule has 2 aliphatic rings. The Balaban J connectivity index is 1.84. The summed E-state index contributed by atoms with van der Waals surface area (Å²) in [4.78, 5) is 18.8. The third-order valence-corrected chi connectivity index (χ3v) is 4.30. The van der Waals surface area contributed by atoms with Gasteiger partial charge >= 0.3 is 6.09 Å². The van der Waals surface area contributed by atoms with Crippen molar-refractivity contribution in [2.75, 3.05) is 0 Å². The Morgan fingerprint density at radius 3 is 2.52 bits per heavy atom. The Morgan fingerprint density at radius 2 is 1.81 bits per heavy atom. The second-order valence-corrected chi connectivity index (χ2v) is 7.13. The van der Waals surface area contributed by atoms with E-state index in [0.717, 1.165) is 18.5 Å². The molecule has 2 heterocycles. The van der Waals surface area contributed by atoms with Gasteiger partial charge in [-0.05, 0) is 70.1 Å². The first-order valence-corrected chi connectivity index (χ1v) is 7.83. The lowest BCUT2D eigenvalue weighted by molar-refractivity contribution is 0.0240. The van der Waals surface area contributed by atoms with Crippen molar-refractivity contribution in [1.29, 1.82) is 0 Å². The number of ether oxygens (including phenoxy) is 1. The quantitative estimate of drug-likeness (QED) is 0.733. The molecule has 0 fully saturated rings. The normalized spacial score (nSPS) is 17.4. The molecule has 4 heteroatoms. The fraction of sp³-hybridized carbons (Fsp3) is 0.647. The number of carbonyl (C=O) groups is 1. The number of pyridine rings is 1. The molecule has 3 rings (SSSR count). The average molecular weight is 288 g/mol. The highest BCUT2D eigenvalue weighted by atomic mass is 16.6. The lowest BCUT2D eigenvalue weighted by Gasteiger charge is -2.24. The molecule has 21 heavy (non-hydrogen) atoms. The molecule has 0 aromatic carbocycles. The molecule has 1 amide bonds. The van der Waals surface area contributed by atoms with Gasteiger partial charge in [0.2, 0.25) is 0 Å². The Bertz CT molecular complexity index is 587. The molecule has 1 aromatic rings. The van der Waals surface area contributed by atoms with E-state index in [-0.39, 0.29) is 6.09 Å². The fourth-order valence-electron chi connectivity index (χ4n) is 3.27. The van der Waals surface area contributed by atoms with Gasteiger partial charge in [0, 0.05) is 5.69 Å². The fourth-order valence-corrected chi connectivity index (χ4v) is 3.27. The zero-order valence-electron chi connectivity index (χ0n) is 13.5. The summed E-state index contributed by atoms with van der Waals surface area (Å²) in [6.45, 7) is 9.10. The van der Waals surface area contributed by atoms with Crippen LogP contribution in [0.2, 0.25) is 0 Å². The average Bonchev–Trinajstić information content (AvgIpc) is 2.81. The smallest absolute Gasteiger partial charge is 0.410 e. The molecule has 0 saturated carbocycles. The van der Waals surface area contributed by atoms with Crippen molar-refractivity contribution < 1.29 is 9.53 Å². The molecule has 114 valence electrons.